The number of hydrogen-bond donors (Lipinski definition) is 1. The van der Waals surface area contributed by atoms with Crippen LogP contribution >= 0.6 is 0 Å². The standard InChI is InChI=1S/C22H24N6O2/c1-28-20(26-19(27-28)13-7-8-13)21(29)24-15-3-2-4-17-18(15)25-22(30-17)14-9-10-23-16(11-14)12-5-6-12/h9-13,15H,2-8H2,1H3,(H,24,29)/t15-/m1/s1. The van der Waals surface area contributed by atoms with E-state index in [9.17, 15) is 4.79 Å². The van der Waals surface area contributed by atoms with Gasteiger partial charge in [0.2, 0.25) is 11.7 Å². The first-order valence-corrected chi connectivity index (χ1v) is 10.8. The summed E-state index contributed by atoms with van der Waals surface area (Å²) < 4.78 is 7.69. The first kappa shape index (κ1) is 17.8. The summed E-state index contributed by atoms with van der Waals surface area (Å²) in [6.07, 6.45) is 9.08. The molecule has 1 amide bonds. The molecule has 0 radical (unpaired) electrons. The van der Waals surface area contributed by atoms with Crippen molar-refractivity contribution < 1.29 is 9.21 Å². The molecule has 2 saturated carbocycles. The van der Waals surface area contributed by atoms with Crippen LogP contribution in [0.2, 0.25) is 0 Å². The molecule has 3 aromatic rings. The number of aryl methyl sites for hydroxylation is 2. The molecule has 1 N–H and O–H groups in total. The van der Waals surface area contributed by atoms with Crippen LogP contribution in [0.5, 0.6) is 0 Å². The smallest absolute Gasteiger partial charge is 0.289 e. The third-order valence-corrected chi connectivity index (χ3v) is 6.21. The van der Waals surface area contributed by atoms with Crippen molar-refractivity contribution in [3.63, 3.8) is 0 Å². The Kier molecular flexibility index (Phi) is 4.01. The maximum Gasteiger partial charge on any atom is 0.289 e. The molecule has 0 unspecified atom stereocenters. The third kappa shape index (κ3) is 3.20. The van der Waals surface area contributed by atoms with E-state index in [0.29, 0.717) is 23.6 Å². The number of aromatic nitrogens is 5. The van der Waals surface area contributed by atoms with Crippen molar-refractivity contribution in [2.75, 3.05) is 0 Å². The minimum Gasteiger partial charge on any atom is -0.441 e. The Morgan fingerprint density at radius 3 is 2.80 bits per heavy atom. The second-order valence-corrected chi connectivity index (χ2v) is 8.68. The minimum absolute atomic E-state index is 0.176. The number of nitrogens with zero attached hydrogens (tertiary/aromatic N) is 5. The molecule has 0 aromatic carbocycles. The lowest BCUT2D eigenvalue weighted by molar-refractivity contribution is 0.0916. The Morgan fingerprint density at radius 2 is 2.00 bits per heavy atom. The van der Waals surface area contributed by atoms with Crippen LogP contribution in [0, 0.1) is 0 Å². The summed E-state index contributed by atoms with van der Waals surface area (Å²) in [7, 11) is 1.77. The number of nitrogens with one attached hydrogen (secondary N) is 1. The van der Waals surface area contributed by atoms with Crippen LogP contribution < -0.4 is 5.32 Å². The van der Waals surface area contributed by atoms with Crippen LogP contribution in [0.15, 0.2) is 22.7 Å². The lowest BCUT2D eigenvalue weighted by atomic mass is 9.97. The van der Waals surface area contributed by atoms with E-state index < -0.39 is 0 Å². The summed E-state index contributed by atoms with van der Waals surface area (Å²) in [5, 5.41) is 7.52. The Hall–Kier alpha value is -3.03. The zero-order valence-electron chi connectivity index (χ0n) is 17.0. The Balaban J connectivity index is 1.25. The molecule has 0 aliphatic heterocycles. The molecule has 2 fully saturated rings. The zero-order valence-corrected chi connectivity index (χ0v) is 17.0. The Morgan fingerprint density at radius 1 is 1.17 bits per heavy atom. The van der Waals surface area contributed by atoms with E-state index in [0.717, 1.165) is 60.6 Å². The number of carbonyl (C=O) groups excluding carboxylic acids is 1. The summed E-state index contributed by atoms with van der Waals surface area (Å²) in [5.74, 6) is 3.39. The molecule has 1 atom stereocenters. The number of amides is 1. The fraction of sp³-hybridized carbons (Fsp3) is 0.500. The Bertz CT molecular complexity index is 1120. The number of oxazole rings is 1. The van der Waals surface area contributed by atoms with Gasteiger partial charge in [0.05, 0.1) is 6.04 Å². The SMILES string of the molecule is Cn1nc(C2CC2)nc1C(=O)N[C@@H]1CCCc2oc(-c3ccnc(C4CC4)c3)nc21. The van der Waals surface area contributed by atoms with E-state index in [2.05, 4.69) is 26.4 Å². The summed E-state index contributed by atoms with van der Waals surface area (Å²) in [6, 6.07) is 3.85. The van der Waals surface area contributed by atoms with Gasteiger partial charge in [-0.15, -0.1) is 0 Å². The first-order valence-electron chi connectivity index (χ1n) is 10.8. The van der Waals surface area contributed by atoms with Crippen LogP contribution in [-0.4, -0.2) is 30.6 Å². The van der Waals surface area contributed by atoms with E-state index in [1.165, 1.54) is 12.8 Å². The van der Waals surface area contributed by atoms with Crippen LogP contribution in [-0.2, 0) is 13.5 Å². The van der Waals surface area contributed by atoms with Crippen molar-refractivity contribution in [1.82, 2.24) is 30.0 Å². The van der Waals surface area contributed by atoms with E-state index in [1.807, 2.05) is 12.3 Å². The number of fused-ring (bicyclic) bond motifs is 1. The molecule has 6 rings (SSSR count). The summed E-state index contributed by atoms with van der Waals surface area (Å²) in [5.41, 5.74) is 2.90. The molecule has 0 saturated heterocycles. The van der Waals surface area contributed by atoms with Gasteiger partial charge < -0.3 is 9.73 Å². The van der Waals surface area contributed by atoms with E-state index in [1.54, 1.807) is 11.7 Å². The van der Waals surface area contributed by atoms with Gasteiger partial charge in [-0.05, 0) is 50.7 Å². The molecule has 8 nitrogen and oxygen atoms in total. The maximum atomic E-state index is 12.9. The molecule has 3 aliphatic rings. The highest BCUT2D eigenvalue weighted by Crippen LogP contribution is 2.40. The van der Waals surface area contributed by atoms with Crippen LogP contribution in [0.3, 0.4) is 0 Å². The molecule has 0 spiro atoms. The second kappa shape index (κ2) is 6.75. The fourth-order valence-corrected chi connectivity index (χ4v) is 4.21. The van der Waals surface area contributed by atoms with Crippen molar-refractivity contribution in [2.45, 2.75) is 62.8 Å². The predicted molar refractivity (Wildman–Crippen MR) is 108 cm³/mol. The molecule has 3 aliphatic carbocycles. The average Bonchev–Trinajstić information content (AvgIpc) is 3.68. The lowest BCUT2D eigenvalue weighted by Gasteiger charge is -2.20. The van der Waals surface area contributed by atoms with Gasteiger partial charge in [-0.2, -0.15) is 5.10 Å². The highest BCUT2D eigenvalue weighted by atomic mass is 16.4. The van der Waals surface area contributed by atoms with Crippen LogP contribution in [0.4, 0.5) is 0 Å². The summed E-state index contributed by atoms with van der Waals surface area (Å²) in [6.45, 7) is 0. The number of rotatable bonds is 5. The van der Waals surface area contributed by atoms with Crippen molar-refractivity contribution in [3.05, 3.63) is 47.1 Å². The van der Waals surface area contributed by atoms with Gasteiger partial charge in [-0.1, -0.05) is 0 Å². The number of pyridine rings is 1. The van der Waals surface area contributed by atoms with Crippen LogP contribution in [0.1, 0.15) is 90.0 Å². The summed E-state index contributed by atoms with van der Waals surface area (Å²) in [4.78, 5) is 26.6. The van der Waals surface area contributed by atoms with Crippen LogP contribution in [0.25, 0.3) is 11.5 Å². The Labute approximate surface area is 174 Å². The van der Waals surface area contributed by atoms with Crippen molar-refractivity contribution >= 4 is 5.91 Å². The quantitative estimate of drug-likeness (QED) is 0.699. The summed E-state index contributed by atoms with van der Waals surface area (Å²) >= 11 is 0. The average molecular weight is 404 g/mol. The van der Waals surface area contributed by atoms with Gasteiger partial charge in [0.15, 0.2) is 5.82 Å². The lowest BCUT2D eigenvalue weighted by Crippen LogP contribution is -2.32. The van der Waals surface area contributed by atoms with E-state index in [4.69, 9.17) is 9.40 Å². The van der Waals surface area contributed by atoms with Crippen molar-refractivity contribution in [3.8, 4) is 11.5 Å². The molecule has 30 heavy (non-hydrogen) atoms. The predicted octanol–water partition coefficient (Wildman–Crippen LogP) is 3.43. The van der Waals surface area contributed by atoms with E-state index in [-0.39, 0.29) is 11.9 Å². The van der Waals surface area contributed by atoms with Gasteiger partial charge >= 0.3 is 0 Å². The van der Waals surface area contributed by atoms with Gasteiger partial charge in [-0.3, -0.25) is 9.78 Å². The minimum atomic E-state index is -0.209. The van der Waals surface area contributed by atoms with Gasteiger partial charge in [0.25, 0.3) is 5.91 Å². The zero-order chi connectivity index (χ0) is 20.2. The largest absolute Gasteiger partial charge is 0.441 e. The monoisotopic (exact) mass is 404 g/mol. The molecule has 154 valence electrons. The molecular formula is C22H24N6O2. The van der Waals surface area contributed by atoms with Crippen molar-refractivity contribution in [2.24, 2.45) is 7.05 Å². The molecular weight excluding hydrogens is 380 g/mol. The number of hydrogen-bond acceptors (Lipinski definition) is 6. The van der Waals surface area contributed by atoms with Gasteiger partial charge in [0.1, 0.15) is 11.5 Å². The molecule has 3 heterocycles. The highest BCUT2D eigenvalue weighted by Gasteiger charge is 2.32. The van der Waals surface area contributed by atoms with E-state index >= 15 is 0 Å². The third-order valence-electron chi connectivity index (χ3n) is 6.21. The number of carbonyl (C=O) groups is 1. The molecule has 3 aromatic heterocycles. The van der Waals surface area contributed by atoms with Crippen molar-refractivity contribution in [1.29, 1.82) is 0 Å². The van der Waals surface area contributed by atoms with Gasteiger partial charge in [0, 0.05) is 42.8 Å². The van der Waals surface area contributed by atoms with Gasteiger partial charge in [-0.25, -0.2) is 14.6 Å². The molecule has 8 heteroatoms. The fourth-order valence-electron chi connectivity index (χ4n) is 4.21. The molecule has 0 bridgehead atoms. The highest BCUT2D eigenvalue weighted by molar-refractivity contribution is 5.91. The first-order chi connectivity index (χ1) is 14.7. The normalized spacial score (nSPS) is 20.8. The second-order valence-electron chi connectivity index (χ2n) is 8.68. The maximum absolute atomic E-state index is 12.9. The topological polar surface area (TPSA) is 98.7 Å².